The molecule has 3 rings (SSSR count). The van der Waals surface area contributed by atoms with Crippen LogP contribution in [0.15, 0.2) is 36.9 Å². The number of alkyl halides is 3. The second kappa shape index (κ2) is 9.37. The normalized spacial score (nSPS) is 12.7. The summed E-state index contributed by atoms with van der Waals surface area (Å²) in [5.41, 5.74) is 3.45. The summed E-state index contributed by atoms with van der Waals surface area (Å²) in [7, 11) is 0. The van der Waals surface area contributed by atoms with Crippen LogP contribution >= 0.6 is 0 Å². The first kappa shape index (κ1) is 23.2. The predicted molar refractivity (Wildman–Crippen MR) is 115 cm³/mol. The molecule has 1 amide bonds. The maximum absolute atomic E-state index is 12.5. The molecule has 0 aliphatic rings. The molecule has 3 aromatic heterocycles. The molecule has 0 spiro atoms. The zero-order chi connectivity index (χ0) is 23.5. The summed E-state index contributed by atoms with van der Waals surface area (Å²) >= 11 is 0. The molecule has 0 fully saturated rings. The largest absolute Gasteiger partial charge is 0.405 e. The summed E-state index contributed by atoms with van der Waals surface area (Å²) in [5.74, 6) is -0.981. The van der Waals surface area contributed by atoms with E-state index in [9.17, 15) is 22.8 Å². The number of rotatable bonds is 8. The van der Waals surface area contributed by atoms with Crippen LogP contribution in [0.25, 0.3) is 22.2 Å². The molecule has 0 saturated carbocycles. The maximum Gasteiger partial charge on any atom is 0.405 e. The lowest BCUT2D eigenvalue weighted by molar-refractivity contribution is -0.139. The van der Waals surface area contributed by atoms with Gasteiger partial charge in [-0.15, -0.1) is 0 Å². The minimum atomic E-state index is -4.48. The number of nitrogens with one attached hydrogen (secondary N) is 3. The Balaban J connectivity index is 1.86. The van der Waals surface area contributed by atoms with E-state index in [-0.39, 0.29) is 18.1 Å². The number of carbonyl (C=O) groups is 2. The standard InChI is InChI=1S/C22H24F3N5O2/c1-12(2)19(21(32)29-11-22(23,24)25)30-16-6-15(8-26-9-16)18-10-28-20-17(18)5-14(7-27-20)4-13(3)31/h5-10,12,19,30H,4,11H2,1-3H3,(H,27,28)(H,29,32). The summed E-state index contributed by atoms with van der Waals surface area (Å²) in [6, 6.07) is 2.78. The number of fused-ring (bicyclic) bond motifs is 1. The van der Waals surface area contributed by atoms with Gasteiger partial charge in [-0.3, -0.25) is 14.6 Å². The molecule has 0 aromatic carbocycles. The highest BCUT2D eigenvalue weighted by Crippen LogP contribution is 2.30. The number of aromatic amines is 1. The Labute approximate surface area is 182 Å². The lowest BCUT2D eigenvalue weighted by Crippen LogP contribution is -2.46. The molecule has 1 unspecified atom stereocenters. The van der Waals surface area contributed by atoms with E-state index in [0.717, 1.165) is 22.1 Å². The molecule has 3 N–H and O–H groups in total. The first-order valence-corrected chi connectivity index (χ1v) is 10.1. The molecule has 0 aliphatic heterocycles. The van der Waals surface area contributed by atoms with E-state index in [1.807, 2.05) is 11.4 Å². The Morgan fingerprint density at radius 2 is 1.91 bits per heavy atom. The highest BCUT2D eigenvalue weighted by atomic mass is 19.4. The van der Waals surface area contributed by atoms with Crippen molar-refractivity contribution in [3.8, 4) is 11.1 Å². The van der Waals surface area contributed by atoms with Crippen LogP contribution in [0.2, 0.25) is 0 Å². The zero-order valence-electron chi connectivity index (χ0n) is 17.9. The zero-order valence-corrected chi connectivity index (χ0v) is 17.9. The summed E-state index contributed by atoms with van der Waals surface area (Å²) in [4.78, 5) is 35.4. The Hall–Kier alpha value is -3.43. The second-order valence-corrected chi connectivity index (χ2v) is 7.98. The number of Topliss-reactive ketones (excluding diaryl/α,β-unsaturated/α-hetero) is 1. The minimum absolute atomic E-state index is 0.0274. The van der Waals surface area contributed by atoms with Crippen molar-refractivity contribution in [2.24, 2.45) is 5.92 Å². The SMILES string of the molecule is CC(=O)Cc1cnc2[nH]cc(-c3cncc(NC(C(=O)NCC(F)(F)F)C(C)C)c3)c2c1. The van der Waals surface area contributed by atoms with Gasteiger partial charge in [0.1, 0.15) is 24.0 Å². The van der Waals surface area contributed by atoms with Crippen LogP contribution in [0.3, 0.4) is 0 Å². The summed E-state index contributed by atoms with van der Waals surface area (Å²) in [5, 5.41) is 5.73. The van der Waals surface area contributed by atoms with E-state index in [4.69, 9.17) is 0 Å². The van der Waals surface area contributed by atoms with Crippen LogP contribution in [0.4, 0.5) is 18.9 Å². The quantitative estimate of drug-likeness (QED) is 0.487. The fourth-order valence-corrected chi connectivity index (χ4v) is 3.35. The maximum atomic E-state index is 12.5. The van der Waals surface area contributed by atoms with Crippen molar-refractivity contribution in [1.29, 1.82) is 0 Å². The number of amides is 1. The van der Waals surface area contributed by atoms with Crippen molar-refractivity contribution in [2.75, 3.05) is 11.9 Å². The number of carbonyl (C=O) groups excluding carboxylic acids is 2. The van der Waals surface area contributed by atoms with Crippen LogP contribution < -0.4 is 10.6 Å². The van der Waals surface area contributed by atoms with Gasteiger partial charge in [-0.2, -0.15) is 13.2 Å². The van der Waals surface area contributed by atoms with Crippen LogP contribution in [-0.4, -0.2) is 45.4 Å². The van der Waals surface area contributed by atoms with E-state index in [1.165, 1.54) is 13.1 Å². The number of anilines is 1. The van der Waals surface area contributed by atoms with E-state index >= 15 is 0 Å². The highest BCUT2D eigenvalue weighted by molar-refractivity contribution is 5.95. The van der Waals surface area contributed by atoms with Crippen LogP contribution in [-0.2, 0) is 16.0 Å². The topological polar surface area (TPSA) is 99.8 Å². The third-order valence-electron chi connectivity index (χ3n) is 4.82. The van der Waals surface area contributed by atoms with Crippen molar-refractivity contribution < 1.29 is 22.8 Å². The van der Waals surface area contributed by atoms with Gasteiger partial charge in [0, 0.05) is 47.7 Å². The van der Waals surface area contributed by atoms with Gasteiger partial charge in [-0.25, -0.2) is 4.98 Å². The van der Waals surface area contributed by atoms with Gasteiger partial charge in [-0.05, 0) is 30.5 Å². The molecule has 0 radical (unpaired) electrons. The molecule has 3 heterocycles. The molecular weight excluding hydrogens is 423 g/mol. The van der Waals surface area contributed by atoms with Crippen LogP contribution in [0, 0.1) is 5.92 Å². The number of halogens is 3. The summed E-state index contributed by atoms with van der Waals surface area (Å²) < 4.78 is 37.4. The lowest BCUT2D eigenvalue weighted by Gasteiger charge is -2.23. The van der Waals surface area contributed by atoms with Crippen molar-refractivity contribution in [3.05, 3.63) is 42.5 Å². The molecule has 7 nitrogen and oxygen atoms in total. The molecule has 32 heavy (non-hydrogen) atoms. The summed E-state index contributed by atoms with van der Waals surface area (Å²) in [6.07, 6.45) is 2.35. The third kappa shape index (κ3) is 5.83. The number of nitrogens with zero attached hydrogens (tertiary/aromatic N) is 2. The van der Waals surface area contributed by atoms with E-state index in [2.05, 4.69) is 20.3 Å². The van der Waals surface area contributed by atoms with E-state index < -0.39 is 24.7 Å². The van der Waals surface area contributed by atoms with Crippen molar-refractivity contribution >= 4 is 28.4 Å². The molecule has 0 aliphatic carbocycles. The van der Waals surface area contributed by atoms with Crippen molar-refractivity contribution in [1.82, 2.24) is 20.3 Å². The first-order chi connectivity index (χ1) is 15.0. The number of aromatic nitrogens is 3. The average Bonchev–Trinajstić information content (AvgIpc) is 3.12. The Morgan fingerprint density at radius 3 is 2.56 bits per heavy atom. The third-order valence-corrected chi connectivity index (χ3v) is 4.82. The monoisotopic (exact) mass is 447 g/mol. The van der Waals surface area contributed by atoms with Gasteiger partial charge in [0.25, 0.3) is 0 Å². The van der Waals surface area contributed by atoms with Crippen LogP contribution in [0.5, 0.6) is 0 Å². The number of hydrogen-bond donors (Lipinski definition) is 3. The Morgan fingerprint density at radius 1 is 1.16 bits per heavy atom. The van der Waals surface area contributed by atoms with Gasteiger partial charge in [0.15, 0.2) is 0 Å². The second-order valence-electron chi connectivity index (χ2n) is 7.98. The Kier molecular flexibility index (Phi) is 6.81. The van der Waals surface area contributed by atoms with Gasteiger partial charge < -0.3 is 15.6 Å². The number of ketones is 1. The fraction of sp³-hybridized carbons (Fsp3) is 0.364. The first-order valence-electron chi connectivity index (χ1n) is 10.1. The predicted octanol–water partition coefficient (Wildman–Crippen LogP) is 3.87. The van der Waals surface area contributed by atoms with E-state index in [1.54, 1.807) is 38.5 Å². The molecular formula is C22H24F3N5O2. The van der Waals surface area contributed by atoms with Crippen molar-refractivity contribution in [3.63, 3.8) is 0 Å². The van der Waals surface area contributed by atoms with Gasteiger partial charge >= 0.3 is 6.18 Å². The minimum Gasteiger partial charge on any atom is -0.372 e. The number of pyridine rings is 2. The smallest absolute Gasteiger partial charge is 0.372 e. The Bertz CT molecular complexity index is 1120. The van der Waals surface area contributed by atoms with Gasteiger partial charge in [0.05, 0.1) is 5.69 Å². The van der Waals surface area contributed by atoms with Crippen LogP contribution in [0.1, 0.15) is 26.3 Å². The van der Waals surface area contributed by atoms with E-state index in [0.29, 0.717) is 11.3 Å². The average molecular weight is 447 g/mol. The van der Waals surface area contributed by atoms with Gasteiger partial charge in [0.2, 0.25) is 5.91 Å². The molecule has 10 heteroatoms. The highest BCUT2D eigenvalue weighted by Gasteiger charge is 2.30. The molecule has 1 atom stereocenters. The van der Waals surface area contributed by atoms with Crippen molar-refractivity contribution in [2.45, 2.75) is 39.4 Å². The molecule has 0 saturated heterocycles. The summed E-state index contributed by atoms with van der Waals surface area (Å²) in [6.45, 7) is 3.60. The number of hydrogen-bond acceptors (Lipinski definition) is 5. The molecule has 170 valence electrons. The van der Waals surface area contributed by atoms with Gasteiger partial charge in [-0.1, -0.05) is 13.8 Å². The number of H-pyrrole nitrogens is 1. The lowest BCUT2D eigenvalue weighted by atomic mass is 10.0. The fourth-order valence-electron chi connectivity index (χ4n) is 3.35. The molecule has 0 bridgehead atoms. The molecule has 3 aromatic rings.